The fraction of sp³-hybridized carbons (Fsp3) is 0.357. The second-order valence-corrected chi connectivity index (χ2v) is 6.89. The summed E-state index contributed by atoms with van der Waals surface area (Å²) in [6.45, 7) is 1.96. The summed E-state index contributed by atoms with van der Waals surface area (Å²) >= 11 is 1.51. The zero-order valence-corrected chi connectivity index (χ0v) is 12.9. The molecular weight excluding hydrogens is 317 g/mol. The first-order valence-corrected chi connectivity index (χ1v) is 7.97. The van der Waals surface area contributed by atoms with E-state index in [1.807, 2.05) is 4.90 Å². The predicted molar refractivity (Wildman–Crippen MR) is 85.5 cm³/mol. The molecule has 0 radical (unpaired) electrons. The average Bonchev–Trinajstić information content (AvgIpc) is 2.96. The van der Waals surface area contributed by atoms with Crippen LogP contribution < -0.4 is 10.6 Å². The van der Waals surface area contributed by atoms with Crippen molar-refractivity contribution in [2.75, 3.05) is 24.5 Å². The van der Waals surface area contributed by atoms with E-state index < -0.39 is 5.82 Å². The molecule has 0 saturated carbocycles. The molecule has 2 aromatic rings. The number of hydrogen-bond acceptors (Lipinski definition) is 8. The Balaban J connectivity index is 1.72. The van der Waals surface area contributed by atoms with Crippen molar-refractivity contribution in [3.05, 3.63) is 42.5 Å². The molecule has 23 heavy (non-hydrogen) atoms. The molecule has 2 aromatic heterocycles. The summed E-state index contributed by atoms with van der Waals surface area (Å²) in [7, 11) is 0. The van der Waals surface area contributed by atoms with Crippen LogP contribution in [0.15, 0.2) is 36.0 Å². The minimum absolute atomic E-state index is 0.213. The maximum atomic E-state index is 13.1. The summed E-state index contributed by atoms with van der Waals surface area (Å²) in [6, 6.07) is 0. The first kappa shape index (κ1) is 14.3. The lowest BCUT2D eigenvalue weighted by atomic mass is 9.91. The van der Waals surface area contributed by atoms with Crippen molar-refractivity contribution >= 4 is 22.9 Å². The Kier molecular flexibility index (Phi) is 3.37. The quantitative estimate of drug-likeness (QED) is 0.870. The average molecular weight is 331 g/mol. The van der Waals surface area contributed by atoms with Crippen LogP contribution in [-0.2, 0) is 4.75 Å². The van der Waals surface area contributed by atoms with Crippen LogP contribution in [0.3, 0.4) is 0 Å². The first-order valence-electron chi connectivity index (χ1n) is 7.15. The van der Waals surface area contributed by atoms with Crippen molar-refractivity contribution in [3.8, 4) is 0 Å². The minimum atomic E-state index is -0.448. The molecule has 2 aliphatic heterocycles. The number of rotatable bonds is 2. The van der Waals surface area contributed by atoms with Crippen molar-refractivity contribution in [2.24, 2.45) is 16.6 Å². The largest absolute Gasteiger partial charge is 0.379 e. The topological polar surface area (TPSA) is 93.2 Å². The van der Waals surface area contributed by atoms with Crippen molar-refractivity contribution < 1.29 is 4.39 Å². The van der Waals surface area contributed by atoms with Gasteiger partial charge in [0.1, 0.15) is 0 Å². The highest BCUT2D eigenvalue weighted by molar-refractivity contribution is 8.14. The third-order valence-electron chi connectivity index (χ3n) is 4.17. The molecule has 0 aromatic carbocycles. The maximum absolute atomic E-state index is 13.1. The summed E-state index contributed by atoms with van der Waals surface area (Å²) < 4.78 is 12.7. The Hall–Kier alpha value is -2.29. The smallest absolute Gasteiger partial charge is 0.225 e. The molecule has 1 fully saturated rings. The standard InChI is InChI=1S/C14H14FN7S/c15-10-4-20-13(21-5-10)22-7-9-3-19-12(16)23-14(9,8-22)11-6-17-1-2-18-11/h1-2,4-6,9H,3,7-8H2,(H2,16,19)/t9-,14-/m0/s1. The lowest BCUT2D eigenvalue weighted by Crippen LogP contribution is -2.40. The van der Waals surface area contributed by atoms with Crippen LogP contribution in [0.1, 0.15) is 5.69 Å². The number of halogens is 1. The molecule has 2 N–H and O–H groups in total. The number of nitrogens with zero attached hydrogens (tertiary/aromatic N) is 6. The van der Waals surface area contributed by atoms with Crippen molar-refractivity contribution in [1.29, 1.82) is 0 Å². The number of hydrogen-bond donors (Lipinski definition) is 1. The highest BCUT2D eigenvalue weighted by Crippen LogP contribution is 2.49. The number of fused-ring (bicyclic) bond motifs is 1. The van der Waals surface area contributed by atoms with E-state index in [0.29, 0.717) is 30.8 Å². The molecule has 2 atom stereocenters. The molecule has 118 valence electrons. The van der Waals surface area contributed by atoms with Crippen LogP contribution in [-0.4, -0.2) is 44.7 Å². The summed E-state index contributed by atoms with van der Waals surface area (Å²) in [4.78, 5) is 23.3. The van der Waals surface area contributed by atoms with Crippen LogP contribution in [0.5, 0.6) is 0 Å². The van der Waals surface area contributed by atoms with Crippen LogP contribution in [0.2, 0.25) is 0 Å². The Bertz CT molecular complexity index is 739. The van der Waals surface area contributed by atoms with Gasteiger partial charge in [-0.1, -0.05) is 11.8 Å². The van der Waals surface area contributed by atoms with Gasteiger partial charge in [0.05, 0.1) is 22.8 Å². The van der Waals surface area contributed by atoms with Gasteiger partial charge < -0.3 is 10.6 Å². The lowest BCUT2D eigenvalue weighted by molar-refractivity contribution is 0.476. The van der Waals surface area contributed by atoms with Crippen LogP contribution in [0.25, 0.3) is 0 Å². The summed E-state index contributed by atoms with van der Waals surface area (Å²) in [6.07, 6.45) is 7.46. The molecule has 4 rings (SSSR count). The summed E-state index contributed by atoms with van der Waals surface area (Å²) in [5.74, 6) is 0.268. The van der Waals surface area contributed by atoms with Gasteiger partial charge in [0, 0.05) is 44.1 Å². The summed E-state index contributed by atoms with van der Waals surface area (Å²) in [5, 5.41) is 0.550. The zero-order chi connectivity index (χ0) is 15.9. The maximum Gasteiger partial charge on any atom is 0.225 e. The number of amidine groups is 1. The normalized spacial score (nSPS) is 26.7. The fourth-order valence-corrected chi connectivity index (χ4v) is 4.37. The van der Waals surface area contributed by atoms with E-state index in [-0.39, 0.29) is 10.7 Å². The number of thioether (sulfide) groups is 1. The molecular formula is C14H14FN7S. The third-order valence-corrected chi connectivity index (χ3v) is 5.54. The molecule has 7 nitrogen and oxygen atoms in total. The minimum Gasteiger partial charge on any atom is -0.379 e. The Morgan fingerprint density at radius 1 is 1.22 bits per heavy atom. The number of aliphatic imine (C=N–C) groups is 1. The molecule has 4 heterocycles. The van der Waals surface area contributed by atoms with Gasteiger partial charge in [-0.25, -0.2) is 14.4 Å². The van der Waals surface area contributed by atoms with Gasteiger partial charge >= 0.3 is 0 Å². The van der Waals surface area contributed by atoms with E-state index in [2.05, 4.69) is 24.9 Å². The highest BCUT2D eigenvalue weighted by atomic mass is 32.2. The zero-order valence-electron chi connectivity index (χ0n) is 12.1. The van der Waals surface area contributed by atoms with Gasteiger partial charge in [-0.3, -0.25) is 15.0 Å². The second-order valence-electron chi connectivity index (χ2n) is 5.54. The van der Waals surface area contributed by atoms with Gasteiger partial charge in [-0.15, -0.1) is 0 Å². The van der Waals surface area contributed by atoms with E-state index in [1.165, 1.54) is 24.2 Å². The van der Waals surface area contributed by atoms with Crippen molar-refractivity contribution in [2.45, 2.75) is 4.75 Å². The van der Waals surface area contributed by atoms with Crippen molar-refractivity contribution in [3.63, 3.8) is 0 Å². The molecule has 0 spiro atoms. The van der Waals surface area contributed by atoms with Crippen LogP contribution >= 0.6 is 11.8 Å². The molecule has 9 heteroatoms. The van der Waals surface area contributed by atoms with E-state index in [4.69, 9.17) is 5.73 Å². The SMILES string of the molecule is NC1=NC[C@H]2CN(c3ncc(F)cn3)C[C@]2(c2cnccn2)S1. The number of aromatic nitrogens is 4. The monoisotopic (exact) mass is 331 g/mol. The Labute approximate surface area is 136 Å². The highest BCUT2D eigenvalue weighted by Gasteiger charge is 2.52. The molecule has 0 amide bonds. The van der Waals surface area contributed by atoms with E-state index in [0.717, 1.165) is 5.69 Å². The molecule has 0 bridgehead atoms. The first-order chi connectivity index (χ1) is 11.2. The molecule has 0 unspecified atom stereocenters. The number of anilines is 1. The number of nitrogens with two attached hydrogens (primary N) is 1. The summed E-state index contributed by atoms with van der Waals surface area (Å²) in [5.41, 5.74) is 6.86. The predicted octanol–water partition coefficient (Wildman–Crippen LogP) is 0.799. The Morgan fingerprint density at radius 3 is 2.78 bits per heavy atom. The van der Waals surface area contributed by atoms with Gasteiger partial charge in [0.25, 0.3) is 0 Å². The fourth-order valence-electron chi connectivity index (χ4n) is 3.11. The molecule has 0 aliphatic carbocycles. The molecule has 1 saturated heterocycles. The van der Waals surface area contributed by atoms with E-state index in [1.54, 1.807) is 18.6 Å². The van der Waals surface area contributed by atoms with Gasteiger partial charge in [-0.2, -0.15) is 0 Å². The van der Waals surface area contributed by atoms with Gasteiger partial charge in [-0.05, 0) is 0 Å². The van der Waals surface area contributed by atoms with Crippen molar-refractivity contribution in [1.82, 2.24) is 19.9 Å². The van der Waals surface area contributed by atoms with Gasteiger partial charge in [0.2, 0.25) is 5.95 Å². The van der Waals surface area contributed by atoms with Gasteiger partial charge in [0.15, 0.2) is 11.0 Å². The third kappa shape index (κ3) is 2.40. The second kappa shape index (κ2) is 5.41. The van der Waals surface area contributed by atoms with E-state index in [9.17, 15) is 4.39 Å². The van der Waals surface area contributed by atoms with E-state index >= 15 is 0 Å². The molecule has 2 aliphatic rings. The van der Waals surface area contributed by atoms with Crippen LogP contribution in [0, 0.1) is 11.7 Å². The van der Waals surface area contributed by atoms with Crippen LogP contribution in [0.4, 0.5) is 10.3 Å². The lowest BCUT2D eigenvalue weighted by Gasteiger charge is -2.34. The Morgan fingerprint density at radius 2 is 2.04 bits per heavy atom.